The van der Waals surface area contributed by atoms with Gasteiger partial charge in [0.05, 0.1) is 0 Å². The van der Waals surface area contributed by atoms with Gasteiger partial charge in [-0.05, 0) is 23.1 Å². The quantitative estimate of drug-likeness (QED) is 0.621. The van der Waals surface area contributed by atoms with Crippen LogP contribution in [0.1, 0.15) is 11.1 Å². The molecule has 2 aliphatic rings. The second kappa shape index (κ2) is 2.98. The molecule has 1 aromatic rings. The van der Waals surface area contributed by atoms with Crippen molar-refractivity contribution in [3.05, 3.63) is 65.8 Å². The molecule has 0 N–H and O–H groups in total. The fourth-order valence-corrected chi connectivity index (χ4v) is 2.26. The molecule has 0 bridgehead atoms. The van der Waals surface area contributed by atoms with Crippen LogP contribution in [-0.2, 0) is 6.42 Å². The summed E-state index contributed by atoms with van der Waals surface area (Å²) in [6.45, 7) is 0. The molecule has 0 spiro atoms. The minimum atomic E-state index is 0.513. The maximum atomic E-state index is 2.36. The summed E-state index contributed by atoms with van der Waals surface area (Å²) >= 11 is 0. The molecule has 68 valence electrons. The normalized spacial score (nSPS) is 18.7. The summed E-state index contributed by atoms with van der Waals surface area (Å²) in [6.07, 6.45) is 12.2. The predicted octanol–water partition coefficient (Wildman–Crippen LogP) is 3.37. The molecule has 0 unspecified atom stereocenters. The summed E-state index contributed by atoms with van der Waals surface area (Å²) in [7, 11) is 0. The third-order valence-corrected chi connectivity index (χ3v) is 2.98. The van der Waals surface area contributed by atoms with E-state index in [0.717, 1.165) is 6.42 Å². The second-order valence-corrected chi connectivity index (χ2v) is 3.82. The topological polar surface area (TPSA) is 0 Å². The number of hydrogen-bond acceptors (Lipinski definition) is 0. The summed E-state index contributed by atoms with van der Waals surface area (Å²) in [5.41, 5.74) is 4.38. The first-order valence-electron chi connectivity index (χ1n) is 5.08. The van der Waals surface area contributed by atoms with Gasteiger partial charge in [0.2, 0.25) is 0 Å². The van der Waals surface area contributed by atoms with Crippen LogP contribution in [0.5, 0.6) is 0 Å². The Morgan fingerprint density at radius 3 is 2.64 bits per heavy atom. The standard InChI is InChI=1S/C14H12/c1-2-6-11(5-1)14-10-9-12-7-3-4-8-13(12)14/h1-8,10-11H,9H2. The van der Waals surface area contributed by atoms with E-state index in [1.807, 2.05) is 0 Å². The molecule has 0 aromatic heterocycles. The van der Waals surface area contributed by atoms with E-state index in [1.165, 1.54) is 16.7 Å². The maximum absolute atomic E-state index is 2.36. The lowest BCUT2D eigenvalue weighted by molar-refractivity contribution is 1.12. The van der Waals surface area contributed by atoms with Crippen LogP contribution in [0.4, 0.5) is 0 Å². The van der Waals surface area contributed by atoms with Crippen LogP contribution < -0.4 is 0 Å². The first-order chi connectivity index (χ1) is 6.95. The lowest BCUT2D eigenvalue weighted by atomic mass is 9.95. The van der Waals surface area contributed by atoms with Crippen LogP contribution in [0.2, 0.25) is 0 Å². The summed E-state index contributed by atoms with van der Waals surface area (Å²) in [5, 5.41) is 0. The summed E-state index contributed by atoms with van der Waals surface area (Å²) in [4.78, 5) is 0. The van der Waals surface area contributed by atoms with E-state index in [0.29, 0.717) is 5.92 Å². The lowest BCUT2D eigenvalue weighted by Gasteiger charge is -2.09. The third-order valence-electron chi connectivity index (χ3n) is 2.98. The van der Waals surface area contributed by atoms with E-state index >= 15 is 0 Å². The van der Waals surface area contributed by atoms with Crippen molar-refractivity contribution in [2.24, 2.45) is 5.92 Å². The summed E-state index contributed by atoms with van der Waals surface area (Å²) in [5.74, 6) is 0.513. The van der Waals surface area contributed by atoms with Gasteiger partial charge in [-0.2, -0.15) is 0 Å². The Morgan fingerprint density at radius 1 is 1.00 bits per heavy atom. The molecule has 2 aliphatic carbocycles. The molecule has 3 rings (SSSR count). The average Bonchev–Trinajstić information content (AvgIpc) is 2.85. The second-order valence-electron chi connectivity index (χ2n) is 3.82. The molecule has 1 aromatic carbocycles. The zero-order chi connectivity index (χ0) is 9.38. The van der Waals surface area contributed by atoms with Crippen molar-refractivity contribution in [2.75, 3.05) is 0 Å². The van der Waals surface area contributed by atoms with Crippen molar-refractivity contribution in [1.29, 1.82) is 0 Å². The molecule has 0 nitrogen and oxygen atoms in total. The largest absolute Gasteiger partial charge is 0.0754 e. The van der Waals surface area contributed by atoms with Gasteiger partial charge in [-0.1, -0.05) is 54.6 Å². The van der Waals surface area contributed by atoms with Gasteiger partial charge in [0.1, 0.15) is 0 Å². The SMILES string of the molecule is C1=CC(C2=CCc3ccccc32)C=C1. The van der Waals surface area contributed by atoms with E-state index in [4.69, 9.17) is 0 Å². The van der Waals surface area contributed by atoms with E-state index in [-0.39, 0.29) is 0 Å². The molecule has 0 heterocycles. The first kappa shape index (κ1) is 7.81. The van der Waals surface area contributed by atoms with Gasteiger partial charge in [0.25, 0.3) is 0 Å². The van der Waals surface area contributed by atoms with E-state index in [9.17, 15) is 0 Å². The summed E-state index contributed by atoms with van der Waals surface area (Å²) in [6, 6.07) is 8.70. The Bertz CT molecular complexity index is 435. The Hall–Kier alpha value is -1.56. The molecule has 0 amide bonds. The van der Waals surface area contributed by atoms with Crippen molar-refractivity contribution in [1.82, 2.24) is 0 Å². The van der Waals surface area contributed by atoms with E-state index in [2.05, 4.69) is 54.6 Å². The Kier molecular flexibility index (Phi) is 1.66. The van der Waals surface area contributed by atoms with Crippen molar-refractivity contribution in [2.45, 2.75) is 6.42 Å². The van der Waals surface area contributed by atoms with E-state index < -0.39 is 0 Å². The molecule has 0 radical (unpaired) electrons. The van der Waals surface area contributed by atoms with Gasteiger partial charge >= 0.3 is 0 Å². The third kappa shape index (κ3) is 1.07. The van der Waals surface area contributed by atoms with Crippen molar-refractivity contribution in [3.63, 3.8) is 0 Å². The van der Waals surface area contributed by atoms with Gasteiger partial charge in [0.15, 0.2) is 0 Å². The zero-order valence-corrected chi connectivity index (χ0v) is 7.98. The Balaban J connectivity index is 2.04. The van der Waals surface area contributed by atoms with Crippen LogP contribution in [-0.4, -0.2) is 0 Å². The molecule has 0 aliphatic heterocycles. The molecular formula is C14H12. The molecule has 0 atom stereocenters. The number of allylic oxidation sites excluding steroid dienone is 6. The highest BCUT2D eigenvalue weighted by Gasteiger charge is 2.18. The summed E-state index contributed by atoms with van der Waals surface area (Å²) < 4.78 is 0. The van der Waals surface area contributed by atoms with Crippen LogP contribution in [0, 0.1) is 5.92 Å². The van der Waals surface area contributed by atoms with Gasteiger partial charge in [-0.25, -0.2) is 0 Å². The van der Waals surface area contributed by atoms with Gasteiger partial charge < -0.3 is 0 Å². The van der Waals surface area contributed by atoms with Gasteiger partial charge in [0, 0.05) is 5.92 Å². The molecule has 0 fully saturated rings. The highest BCUT2D eigenvalue weighted by atomic mass is 14.2. The van der Waals surface area contributed by atoms with Crippen molar-refractivity contribution < 1.29 is 0 Å². The van der Waals surface area contributed by atoms with Crippen LogP contribution in [0.25, 0.3) is 5.57 Å². The van der Waals surface area contributed by atoms with Crippen LogP contribution in [0.15, 0.2) is 54.6 Å². The van der Waals surface area contributed by atoms with Crippen molar-refractivity contribution in [3.8, 4) is 0 Å². The Labute approximate surface area is 84.3 Å². The monoisotopic (exact) mass is 180 g/mol. The highest BCUT2D eigenvalue weighted by molar-refractivity contribution is 5.77. The highest BCUT2D eigenvalue weighted by Crippen LogP contribution is 2.35. The lowest BCUT2D eigenvalue weighted by Crippen LogP contribution is -1.93. The van der Waals surface area contributed by atoms with Gasteiger partial charge in [-0.15, -0.1) is 0 Å². The van der Waals surface area contributed by atoms with Crippen LogP contribution in [0.3, 0.4) is 0 Å². The molecule has 0 saturated heterocycles. The minimum absolute atomic E-state index is 0.513. The number of benzene rings is 1. The zero-order valence-electron chi connectivity index (χ0n) is 7.98. The van der Waals surface area contributed by atoms with Crippen molar-refractivity contribution >= 4 is 5.57 Å². The molecular weight excluding hydrogens is 168 g/mol. The fraction of sp³-hybridized carbons (Fsp3) is 0.143. The van der Waals surface area contributed by atoms with Gasteiger partial charge in [-0.3, -0.25) is 0 Å². The average molecular weight is 180 g/mol. The first-order valence-corrected chi connectivity index (χ1v) is 5.08. The number of hydrogen-bond donors (Lipinski definition) is 0. The van der Waals surface area contributed by atoms with E-state index in [1.54, 1.807) is 0 Å². The molecule has 14 heavy (non-hydrogen) atoms. The molecule has 0 heteroatoms. The number of rotatable bonds is 1. The maximum Gasteiger partial charge on any atom is 0.0207 e. The Morgan fingerprint density at radius 2 is 1.79 bits per heavy atom. The fourth-order valence-electron chi connectivity index (χ4n) is 2.26. The smallest absolute Gasteiger partial charge is 0.0207 e. The molecule has 0 saturated carbocycles. The predicted molar refractivity (Wildman–Crippen MR) is 59.9 cm³/mol. The van der Waals surface area contributed by atoms with Crippen LogP contribution >= 0.6 is 0 Å². The minimum Gasteiger partial charge on any atom is -0.0754 e. The number of fused-ring (bicyclic) bond motifs is 1.